The minimum Gasteiger partial charge on any atom is -0.465 e. The van der Waals surface area contributed by atoms with Crippen molar-refractivity contribution in [1.29, 1.82) is 0 Å². The van der Waals surface area contributed by atoms with Crippen LogP contribution in [0.3, 0.4) is 0 Å². The molecule has 1 heterocycles. The van der Waals surface area contributed by atoms with Crippen molar-refractivity contribution in [2.75, 3.05) is 13.7 Å². The first-order valence-electron chi connectivity index (χ1n) is 7.93. The third kappa shape index (κ3) is 3.90. The second-order valence-electron chi connectivity index (χ2n) is 5.73. The number of carbonyl (C=O) groups excluding carboxylic acids is 1. The SMILES string of the molecule is COC(=O)c1ccc(ON2CCC[C@@H]2Cc2ccccc2)cc1. The van der Waals surface area contributed by atoms with Crippen molar-refractivity contribution >= 4 is 5.97 Å². The summed E-state index contributed by atoms with van der Waals surface area (Å²) in [6, 6.07) is 17.9. The van der Waals surface area contributed by atoms with Gasteiger partial charge in [-0.25, -0.2) is 4.79 Å². The zero-order valence-electron chi connectivity index (χ0n) is 13.3. The maximum absolute atomic E-state index is 11.5. The fourth-order valence-electron chi connectivity index (χ4n) is 2.92. The Labute approximate surface area is 136 Å². The quantitative estimate of drug-likeness (QED) is 0.793. The molecule has 23 heavy (non-hydrogen) atoms. The van der Waals surface area contributed by atoms with Crippen molar-refractivity contribution in [3.8, 4) is 5.75 Å². The van der Waals surface area contributed by atoms with E-state index in [4.69, 9.17) is 9.57 Å². The minimum absolute atomic E-state index is 0.334. The summed E-state index contributed by atoms with van der Waals surface area (Å²) in [7, 11) is 1.38. The van der Waals surface area contributed by atoms with Gasteiger partial charge >= 0.3 is 5.97 Å². The molecule has 0 aromatic heterocycles. The molecule has 120 valence electrons. The van der Waals surface area contributed by atoms with E-state index in [0.717, 1.165) is 31.6 Å². The van der Waals surface area contributed by atoms with E-state index in [2.05, 4.69) is 29.3 Å². The lowest BCUT2D eigenvalue weighted by Crippen LogP contribution is -2.34. The highest BCUT2D eigenvalue weighted by Gasteiger charge is 2.26. The van der Waals surface area contributed by atoms with E-state index >= 15 is 0 Å². The summed E-state index contributed by atoms with van der Waals surface area (Å²) >= 11 is 0. The summed E-state index contributed by atoms with van der Waals surface area (Å²) < 4.78 is 4.70. The average molecular weight is 311 g/mol. The zero-order chi connectivity index (χ0) is 16.1. The van der Waals surface area contributed by atoms with Gasteiger partial charge in [0.15, 0.2) is 0 Å². The van der Waals surface area contributed by atoms with Crippen LogP contribution >= 0.6 is 0 Å². The summed E-state index contributed by atoms with van der Waals surface area (Å²) in [5.41, 5.74) is 1.86. The van der Waals surface area contributed by atoms with Crippen LogP contribution in [0.2, 0.25) is 0 Å². The van der Waals surface area contributed by atoms with Crippen LogP contribution in [0.15, 0.2) is 54.6 Å². The molecule has 1 aliphatic rings. The van der Waals surface area contributed by atoms with Gasteiger partial charge in [-0.1, -0.05) is 30.3 Å². The van der Waals surface area contributed by atoms with Gasteiger partial charge in [-0.15, -0.1) is 5.06 Å². The van der Waals surface area contributed by atoms with Crippen molar-refractivity contribution < 1.29 is 14.4 Å². The van der Waals surface area contributed by atoms with Gasteiger partial charge in [-0.3, -0.25) is 0 Å². The first kappa shape index (κ1) is 15.6. The molecule has 0 unspecified atom stereocenters. The molecule has 2 aromatic carbocycles. The van der Waals surface area contributed by atoms with Crippen LogP contribution in [-0.4, -0.2) is 30.7 Å². The lowest BCUT2D eigenvalue weighted by molar-refractivity contribution is -0.0699. The molecule has 0 spiro atoms. The highest BCUT2D eigenvalue weighted by atomic mass is 16.7. The van der Waals surface area contributed by atoms with Crippen molar-refractivity contribution in [3.05, 3.63) is 65.7 Å². The molecule has 4 heteroatoms. The summed E-state index contributed by atoms with van der Waals surface area (Å²) in [6.07, 6.45) is 3.26. The third-order valence-electron chi connectivity index (χ3n) is 4.14. The summed E-state index contributed by atoms with van der Waals surface area (Å²) in [5, 5.41) is 2.06. The molecule has 1 aliphatic heterocycles. The molecule has 0 bridgehead atoms. The number of hydrogen-bond acceptors (Lipinski definition) is 4. The Morgan fingerprint density at radius 1 is 1.13 bits per heavy atom. The summed E-state index contributed by atoms with van der Waals surface area (Å²) in [6.45, 7) is 0.927. The van der Waals surface area contributed by atoms with E-state index in [-0.39, 0.29) is 5.97 Å². The van der Waals surface area contributed by atoms with Gasteiger partial charge in [-0.2, -0.15) is 0 Å². The molecular formula is C19H21NO3. The average Bonchev–Trinajstić information content (AvgIpc) is 3.02. The van der Waals surface area contributed by atoms with Crippen molar-refractivity contribution in [2.24, 2.45) is 0 Å². The second-order valence-corrected chi connectivity index (χ2v) is 5.73. The minimum atomic E-state index is -0.334. The van der Waals surface area contributed by atoms with Crippen LogP contribution in [0.25, 0.3) is 0 Å². The van der Waals surface area contributed by atoms with Crippen LogP contribution in [0.5, 0.6) is 5.75 Å². The largest absolute Gasteiger partial charge is 0.465 e. The number of hydroxylamine groups is 2. The van der Waals surface area contributed by atoms with Crippen molar-refractivity contribution in [3.63, 3.8) is 0 Å². The number of carbonyl (C=O) groups is 1. The van der Waals surface area contributed by atoms with Gasteiger partial charge in [0.05, 0.1) is 12.7 Å². The Hall–Kier alpha value is -2.33. The monoisotopic (exact) mass is 311 g/mol. The van der Waals surface area contributed by atoms with Crippen molar-refractivity contribution in [2.45, 2.75) is 25.3 Å². The van der Waals surface area contributed by atoms with E-state index in [1.165, 1.54) is 12.7 Å². The summed E-state index contributed by atoms with van der Waals surface area (Å²) in [4.78, 5) is 17.5. The number of benzene rings is 2. The Balaban J connectivity index is 1.63. The highest BCUT2D eigenvalue weighted by molar-refractivity contribution is 5.89. The number of ether oxygens (including phenoxy) is 1. The number of rotatable bonds is 5. The molecule has 1 saturated heterocycles. The predicted molar refractivity (Wildman–Crippen MR) is 88.3 cm³/mol. The number of nitrogens with zero attached hydrogens (tertiary/aromatic N) is 1. The molecule has 1 atom stereocenters. The molecule has 4 nitrogen and oxygen atoms in total. The third-order valence-corrected chi connectivity index (χ3v) is 4.14. The predicted octanol–water partition coefficient (Wildman–Crippen LogP) is 3.47. The smallest absolute Gasteiger partial charge is 0.337 e. The molecule has 1 fully saturated rings. The first-order valence-corrected chi connectivity index (χ1v) is 7.93. The molecule has 0 radical (unpaired) electrons. The zero-order valence-corrected chi connectivity index (χ0v) is 13.3. The molecule has 2 aromatic rings. The lowest BCUT2D eigenvalue weighted by Gasteiger charge is -2.24. The van der Waals surface area contributed by atoms with E-state index in [1.807, 2.05) is 18.2 Å². The van der Waals surface area contributed by atoms with E-state index < -0.39 is 0 Å². The second kappa shape index (κ2) is 7.29. The fourth-order valence-corrected chi connectivity index (χ4v) is 2.92. The van der Waals surface area contributed by atoms with Crippen LogP contribution in [-0.2, 0) is 11.2 Å². The highest BCUT2D eigenvalue weighted by Crippen LogP contribution is 2.24. The topological polar surface area (TPSA) is 38.8 Å². The van der Waals surface area contributed by atoms with Crippen LogP contribution in [0, 0.1) is 0 Å². The molecule has 3 rings (SSSR count). The number of esters is 1. The molecule has 0 N–H and O–H groups in total. The molecule has 0 amide bonds. The number of methoxy groups -OCH3 is 1. The molecule has 0 aliphatic carbocycles. The van der Waals surface area contributed by atoms with Gasteiger partial charge in [0, 0.05) is 12.6 Å². The Kier molecular flexibility index (Phi) is 4.93. The maximum atomic E-state index is 11.5. The maximum Gasteiger partial charge on any atom is 0.337 e. The van der Waals surface area contributed by atoms with Crippen LogP contribution in [0.1, 0.15) is 28.8 Å². The van der Waals surface area contributed by atoms with Crippen LogP contribution in [0.4, 0.5) is 0 Å². The standard InChI is InChI=1S/C19H21NO3/c1-22-19(21)16-9-11-18(12-10-16)23-20-13-5-8-17(20)14-15-6-3-2-4-7-15/h2-4,6-7,9-12,17H,5,8,13-14H2,1H3/t17-/m1/s1. The van der Waals surface area contributed by atoms with Crippen molar-refractivity contribution in [1.82, 2.24) is 5.06 Å². The van der Waals surface area contributed by atoms with Gasteiger partial charge in [-0.05, 0) is 49.1 Å². The Morgan fingerprint density at radius 2 is 1.87 bits per heavy atom. The van der Waals surface area contributed by atoms with E-state index in [1.54, 1.807) is 12.1 Å². The Morgan fingerprint density at radius 3 is 2.57 bits per heavy atom. The van der Waals surface area contributed by atoms with Gasteiger partial charge in [0.25, 0.3) is 0 Å². The lowest BCUT2D eigenvalue weighted by atomic mass is 10.0. The molecule has 0 saturated carbocycles. The molecular weight excluding hydrogens is 290 g/mol. The number of hydrogen-bond donors (Lipinski definition) is 0. The van der Waals surface area contributed by atoms with Crippen LogP contribution < -0.4 is 4.84 Å². The normalized spacial score (nSPS) is 17.9. The van der Waals surface area contributed by atoms with Gasteiger partial charge in [0.1, 0.15) is 5.75 Å². The van der Waals surface area contributed by atoms with Gasteiger partial charge in [0.2, 0.25) is 0 Å². The van der Waals surface area contributed by atoms with E-state index in [9.17, 15) is 4.79 Å². The first-order chi connectivity index (χ1) is 11.3. The fraction of sp³-hybridized carbons (Fsp3) is 0.316. The van der Waals surface area contributed by atoms with E-state index in [0.29, 0.717) is 11.6 Å². The van der Waals surface area contributed by atoms with Gasteiger partial charge < -0.3 is 9.57 Å². The summed E-state index contributed by atoms with van der Waals surface area (Å²) in [5.74, 6) is 0.414. The Bertz CT molecular complexity index is 639.